The Bertz CT molecular complexity index is 685. The maximum Gasteiger partial charge on any atom is 0.158 e. The lowest BCUT2D eigenvalue weighted by Crippen LogP contribution is -2.26. The van der Waals surface area contributed by atoms with Crippen molar-refractivity contribution in [2.24, 2.45) is 0 Å². The zero-order chi connectivity index (χ0) is 18.2. The van der Waals surface area contributed by atoms with Gasteiger partial charge in [0.2, 0.25) is 0 Å². The van der Waals surface area contributed by atoms with Gasteiger partial charge in [0.25, 0.3) is 0 Å². The molecule has 1 saturated heterocycles. The molecular weight excluding hydrogens is 324 g/mol. The Balaban J connectivity index is 1.88. The average Bonchev–Trinajstić information content (AvgIpc) is 2.72. The van der Waals surface area contributed by atoms with Gasteiger partial charge in [-0.15, -0.1) is 0 Å². The highest BCUT2D eigenvalue weighted by Crippen LogP contribution is 2.27. The molecular formula is C23H28O3. The van der Waals surface area contributed by atoms with Crippen molar-refractivity contribution in [3.63, 3.8) is 0 Å². The lowest BCUT2D eigenvalue weighted by molar-refractivity contribution is -0.178. The minimum Gasteiger partial charge on any atom is -0.497 e. The van der Waals surface area contributed by atoms with Crippen molar-refractivity contribution in [3.8, 4) is 5.75 Å². The van der Waals surface area contributed by atoms with Gasteiger partial charge in [-0.3, -0.25) is 0 Å². The second kappa shape index (κ2) is 9.56. The number of hydrogen-bond acceptors (Lipinski definition) is 3. The third kappa shape index (κ3) is 4.96. The maximum absolute atomic E-state index is 6.24. The first kappa shape index (κ1) is 18.7. The molecule has 0 N–H and O–H groups in total. The predicted octanol–water partition coefficient (Wildman–Crippen LogP) is 5.45. The summed E-state index contributed by atoms with van der Waals surface area (Å²) in [4.78, 5) is 0. The molecule has 0 bridgehead atoms. The van der Waals surface area contributed by atoms with Crippen LogP contribution in [0.2, 0.25) is 0 Å². The Kier molecular flexibility index (Phi) is 6.87. The van der Waals surface area contributed by atoms with Gasteiger partial charge in [-0.05, 0) is 60.6 Å². The first-order valence-electron chi connectivity index (χ1n) is 9.49. The number of rotatable bonds is 7. The van der Waals surface area contributed by atoms with Gasteiger partial charge in [0, 0.05) is 6.61 Å². The van der Waals surface area contributed by atoms with Crippen molar-refractivity contribution in [2.45, 2.75) is 45.0 Å². The van der Waals surface area contributed by atoms with E-state index >= 15 is 0 Å². The van der Waals surface area contributed by atoms with Crippen LogP contribution in [0.3, 0.4) is 0 Å². The summed E-state index contributed by atoms with van der Waals surface area (Å²) < 4.78 is 17.3. The Morgan fingerprint density at radius 1 is 1.08 bits per heavy atom. The number of benzene rings is 2. The van der Waals surface area contributed by atoms with Gasteiger partial charge in [0.15, 0.2) is 6.29 Å². The molecule has 0 spiro atoms. The summed E-state index contributed by atoms with van der Waals surface area (Å²) in [6, 6.07) is 18.6. The zero-order valence-corrected chi connectivity index (χ0v) is 15.7. The zero-order valence-electron chi connectivity index (χ0n) is 15.7. The van der Waals surface area contributed by atoms with E-state index in [0.717, 1.165) is 37.2 Å². The monoisotopic (exact) mass is 352 g/mol. The van der Waals surface area contributed by atoms with E-state index in [9.17, 15) is 0 Å². The normalized spacial score (nSPS) is 19.2. The van der Waals surface area contributed by atoms with E-state index < -0.39 is 0 Å². The number of ether oxygens (including phenoxy) is 3. The first-order chi connectivity index (χ1) is 12.8. The van der Waals surface area contributed by atoms with Crippen molar-refractivity contribution < 1.29 is 14.2 Å². The Hall–Kier alpha value is -2.10. The molecule has 1 aliphatic rings. The highest BCUT2D eigenvalue weighted by atomic mass is 16.7. The molecule has 0 amide bonds. The van der Waals surface area contributed by atoms with Crippen molar-refractivity contribution in [1.82, 2.24) is 0 Å². The van der Waals surface area contributed by atoms with Gasteiger partial charge in [-0.2, -0.15) is 0 Å². The van der Waals surface area contributed by atoms with E-state index in [-0.39, 0.29) is 12.4 Å². The topological polar surface area (TPSA) is 27.7 Å². The Morgan fingerprint density at radius 3 is 2.42 bits per heavy atom. The molecule has 1 fully saturated rings. The summed E-state index contributed by atoms with van der Waals surface area (Å²) in [5.41, 5.74) is 3.52. The summed E-state index contributed by atoms with van der Waals surface area (Å²) >= 11 is 0. The van der Waals surface area contributed by atoms with Gasteiger partial charge in [-0.1, -0.05) is 49.4 Å². The van der Waals surface area contributed by atoms with Crippen molar-refractivity contribution in [3.05, 3.63) is 71.8 Å². The van der Waals surface area contributed by atoms with E-state index in [0.29, 0.717) is 0 Å². The third-order valence-corrected chi connectivity index (χ3v) is 4.71. The average molecular weight is 352 g/mol. The molecule has 3 nitrogen and oxygen atoms in total. The minimum atomic E-state index is -0.0853. The summed E-state index contributed by atoms with van der Waals surface area (Å²) in [6.45, 7) is 2.95. The highest BCUT2D eigenvalue weighted by molar-refractivity contribution is 5.80. The fourth-order valence-corrected chi connectivity index (χ4v) is 3.20. The van der Waals surface area contributed by atoms with E-state index in [2.05, 4.69) is 49.4 Å². The molecule has 1 aliphatic heterocycles. The molecule has 3 heteroatoms. The summed E-state index contributed by atoms with van der Waals surface area (Å²) in [5.74, 6) is 0.861. The smallest absolute Gasteiger partial charge is 0.158 e. The first-order valence-corrected chi connectivity index (χ1v) is 9.49. The van der Waals surface area contributed by atoms with Crippen LogP contribution in [0.5, 0.6) is 5.75 Å². The number of methoxy groups -OCH3 is 1. The molecule has 2 unspecified atom stereocenters. The van der Waals surface area contributed by atoms with Crippen LogP contribution in [0.25, 0.3) is 5.57 Å². The van der Waals surface area contributed by atoms with E-state index in [1.807, 2.05) is 18.2 Å². The van der Waals surface area contributed by atoms with Crippen LogP contribution in [0.4, 0.5) is 0 Å². The second-order valence-electron chi connectivity index (χ2n) is 6.55. The summed E-state index contributed by atoms with van der Waals surface area (Å²) in [7, 11) is 1.69. The van der Waals surface area contributed by atoms with E-state index in [4.69, 9.17) is 14.2 Å². The van der Waals surface area contributed by atoms with Crippen LogP contribution in [-0.4, -0.2) is 26.1 Å². The van der Waals surface area contributed by atoms with Gasteiger partial charge < -0.3 is 14.2 Å². The molecule has 0 saturated carbocycles. The molecule has 0 aromatic heterocycles. The van der Waals surface area contributed by atoms with Gasteiger partial charge >= 0.3 is 0 Å². The lowest BCUT2D eigenvalue weighted by atomic mass is 9.96. The third-order valence-electron chi connectivity index (χ3n) is 4.71. The Morgan fingerprint density at radius 2 is 1.81 bits per heavy atom. The van der Waals surface area contributed by atoms with E-state index in [1.165, 1.54) is 17.6 Å². The predicted molar refractivity (Wildman–Crippen MR) is 105 cm³/mol. The Labute approximate surface area is 156 Å². The molecule has 0 aliphatic carbocycles. The fraction of sp³-hybridized carbons (Fsp3) is 0.391. The molecule has 1 heterocycles. The number of hydrogen-bond donors (Lipinski definition) is 0. The van der Waals surface area contributed by atoms with Crippen molar-refractivity contribution in [1.29, 1.82) is 0 Å². The molecule has 26 heavy (non-hydrogen) atoms. The highest BCUT2D eigenvalue weighted by Gasteiger charge is 2.18. The van der Waals surface area contributed by atoms with Crippen molar-refractivity contribution >= 4 is 5.57 Å². The van der Waals surface area contributed by atoms with Crippen LogP contribution < -0.4 is 4.74 Å². The van der Waals surface area contributed by atoms with Crippen LogP contribution in [0.15, 0.2) is 60.7 Å². The van der Waals surface area contributed by atoms with Gasteiger partial charge in [0.05, 0.1) is 13.2 Å². The van der Waals surface area contributed by atoms with Gasteiger partial charge in [0.1, 0.15) is 5.75 Å². The quantitative estimate of drug-likeness (QED) is 0.663. The molecule has 3 rings (SSSR count). The molecule has 0 radical (unpaired) electrons. The second-order valence-corrected chi connectivity index (χ2v) is 6.55. The standard InChI is InChI=1S/C23H28O3/c1-3-20(26-23-11-7-8-16-25-23)17-22(18-9-5-4-6-10-18)19-12-14-21(24-2)15-13-19/h4-6,9-10,12-15,17,20,23H,3,7-8,11,16H2,1-2H3/b22-17+. The molecule has 2 atom stereocenters. The van der Waals surface area contributed by atoms with Crippen LogP contribution in [-0.2, 0) is 9.47 Å². The SMILES string of the molecule is CCC(/C=C(\c1ccccc1)c1ccc(OC)cc1)OC1CCCCO1. The lowest BCUT2D eigenvalue weighted by Gasteiger charge is -2.26. The fourth-order valence-electron chi connectivity index (χ4n) is 3.20. The van der Waals surface area contributed by atoms with Crippen molar-refractivity contribution in [2.75, 3.05) is 13.7 Å². The summed E-state index contributed by atoms with van der Waals surface area (Å²) in [6.07, 6.45) is 6.37. The molecule has 2 aromatic rings. The van der Waals surface area contributed by atoms with Crippen LogP contribution >= 0.6 is 0 Å². The van der Waals surface area contributed by atoms with Gasteiger partial charge in [-0.25, -0.2) is 0 Å². The van der Waals surface area contributed by atoms with E-state index in [1.54, 1.807) is 7.11 Å². The van der Waals surface area contributed by atoms with Crippen LogP contribution in [0.1, 0.15) is 43.7 Å². The largest absolute Gasteiger partial charge is 0.497 e. The summed E-state index contributed by atoms with van der Waals surface area (Å²) in [5, 5.41) is 0. The molecule has 138 valence electrons. The van der Waals surface area contributed by atoms with Crippen LogP contribution in [0, 0.1) is 0 Å². The maximum atomic E-state index is 6.24. The minimum absolute atomic E-state index is 0.0235. The molecule has 2 aromatic carbocycles.